The molecule has 5 aromatic rings. The fourth-order valence-corrected chi connectivity index (χ4v) is 4.14. The maximum Gasteiger partial charge on any atom is 0.0704 e. The van der Waals surface area contributed by atoms with Gasteiger partial charge >= 0.3 is 0 Å². The molecule has 2 heteroatoms. The summed E-state index contributed by atoms with van der Waals surface area (Å²) in [5.41, 5.74) is 9.53. The smallest absolute Gasteiger partial charge is 0.0704 e. The SMILES string of the molecule is Cc1ccc(-c2ccc(-c3cccc(-c4ccccn4)c3C)c3ccncc23)cc1. The van der Waals surface area contributed by atoms with Gasteiger partial charge in [0.15, 0.2) is 0 Å². The first-order valence-corrected chi connectivity index (χ1v) is 10.2. The average Bonchev–Trinajstić information content (AvgIpc) is 2.80. The Kier molecular flexibility index (Phi) is 4.61. The monoisotopic (exact) mass is 386 g/mol. The van der Waals surface area contributed by atoms with Crippen LogP contribution in [-0.2, 0) is 0 Å². The summed E-state index contributed by atoms with van der Waals surface area (Å²) in [6.07, 6.45) is 5.70. The third kappa shape index (κ3) is 3.17. The molecule has 0 fully saturated rings. The molecule has 0 spiro atoms. The van der Waals surface area contributed by atoms with Gasteiger partial charge in [-0.25, -0.2) is 0 Å². The average molecular weight is 386 g/mol. The molecule has 0 atom stereocenters. The standard InChI is InChI=1S/C28H22N2/c1-19-9-11-21(12-10-19)24-13-14-25(26-15-17-29-18-27(24)26)22-6-5-7-23(20(22)2)28-8-3-4-16-30-28/h3-18H,1-2H3. The second kappa shape index (κ2) is 7.57. The quantitative estimate of drug-likeness (QED) is 0.326. The van der Waals surface area contributed by atoms with Crippen LogP contribution in [0.25, 0.3) is 44.3 Å². The van der Waals surface area contributed by atoms with Crippen molar-refractivity contribution in [3.05, 3.63) is 109 Å². The predicted molar refractivity (Wildman–Crippen MR) is 125 cm³/mol. The Balaban J connectivity index is 1.72. The number of aryl methyl sites for hydroxylation is 1. The van der Waals surface area contributed by atoms with Crippen molar-refractivity contribution in [2.45, 2.75) is 13.8 Å². The molecule has 2 heterocycles. The molecule has 30 heavy (non-hydrogen) atoms. The lowest BCUT2D eigenvalue weighted by Gasteiger charge is -2.15. The second-order valence-corrected chi connectivity index (χ2v) is 7.64. The van der Waals surface area contributed by atoms with Gasteiger partial charge < -0.3 is 0 Å². The van der Waals surface area contributed by atoms with Crippen LogP contribution in [0.5, 0.6) is 0 Å². The molecule has 0 saturated carbocycles. The van der Waals surface area contributed by atoms with Gasteiger partial charge in [0.1, 0.15) is 0 Å². The lowest BCUT2D eigenvalue weighted by Crippen LogP contribution is -1.92. The van der Waals surface area contributed by atoms with Crippen LogP contribution in [-0.4, -0.2) is 9.97 Å². The Hall–Kier alpha value is -3.78. The fourth-order valence-electron chi connectivity index (χ4n) is 4.14. The van der Waals surface area contributed by atoms with E-state index < -0.39 is 0 Å². The third-order valence-electron chi connectivity index (χ3n) is 5.75. The lowest BCUT2D eigenvalue weighted by atomic mass is 9.89. The Morgan fingerprint density at radius 2 is 1.37 bits per heavy atom. The molecule has 2 nitrogen and oxygen atoms in total. The lowest BCUT2D eigenvalue weighted by molar-refractivity contribution is 1.31. The van der Waals surface area contributed by atoms with E-state index in [0.29, 0.717) is 0 Å². The van der Waals surface area contributed by atoms with E-state index in [1.54, 1.807) is 0 Å². The highest BCUT2D eigenvalue weighted by molar-refractivity contribution is 6.05. The predicted octanol–water partition coefficient (Wildman–Crippen LogP) is 7.25. The van der Waals surface area contributed by atoms with Gasteiger partial charge in [0.2, 0.25) is 0 Å². The molecular formula is C28H22N2. The van der Waals surface area contributed by atoms with Crippen molar-refractivity contribution < 1.29 is 0 Å². The molecule has 0 aliphatic heterocycles. The summed E-state index contributed by atoms with van der Waals surface area (Å²) in [5, 5.41) is 2.38. The topological polar surface area (TPSA) is 25.8 Å². The van der Waals surface area contributed by atoms with Crippen LogP contribution in [0.2, 0.25) is 0 Å². The van der Waals surface area contributed by atoms with Crippen molar-refractivity contribution in [3.63, 3.8) is 0 Å². The van der Waals surface area contributed by atoms with E-state index in [-0.39, 0.29) is 0 Å². The Morgan fingerprint density at radius 1 is 0.567 bits per heavy atom. The summed E-state index contributed by atoms with van der Waals surface area (Å²) in [4.78, 5) is 8.99. The van der Waals surface area contributed by atoms with Gasteiger partial charge in [-0.2, -0.15) is 0 Å². The van der Waals surface area contributed by atoms with Gasteiger partial charge in [-0.05, 0) is 65.3 Å². The molecule has 0 saturated heterocycles. The van der Waals surface area contributed by atoms with E-state index in [1.165, 1.54) is 44.2 Å². The van der Waals surface area contributed by atoms with E-state index in [0.717, 1.165) is 11.3 Å². The van der Waals surface area contributed by atoms with Crippen LogP contribution < -0.4 is 0 Å². The van der Waals surface area contributed by atoms with Crippen molar-refractivity contribution in [2.75, 3.05) is 0 Å². The summed E-state index contributed by atoms with van der Waals surface area (Å²) >= 11 is 0. The van der Waals surface area contributed by atoms with Crippen LogP contribution in [0, 0.1) is 13.8 Å². The molecule has 3 aromatic carbocycles. The van der Waals surface area contributed by atoms with Crippen LogP contribution in [0.4, 0.5) is 0 Å². The number of aromatic nitrogens is 2. The van der Waals surface area contributed by atoms with E-state index in [2.05, 4.69) is 90.5 Å². The van der Waals surface area contributed by atoms with Crippen LogP contribution in [0.3, 0.4) is 0 Å². The van der Waals surface area contributed by atoms with Crippen molar-refractivity contribution in [3.8, 4) is 33.5 Å². The van der Waals surface area contributed by atoms with Gasteiger partial charge in [-0.3, -0.25) is 9.97 Å². The molecule has 2 aromatic heterocycles. The maximum absolute atomic E-state index is 4.56. The second-order valence-electron chi connectivity index (χ2n) is 7.64. The molecule has 0 amide bonds. The molecule has 0 radical (unpaired) electrons. The van der Waals surface area contributed by atoms with Gasteiger partial charge in [-0.15, -0.1) is 0 Å². The molecule has 0 unspecified atom stereocenters. The fraction of sp³-hybridized carbons (Fsp3) is 0.0714. The van der Waals surface area contributed by atoms with Crippen molar-refractivity contribution >= 4 is 10.8 Å². The van der Waals surface area contributed by atoms with Gasteiger partial charge in [0, 0.05) is 29.5 Å². The van der Waals surface area contributed by atoms with E-state index in [4.69, 9.17) is 0 Å². The molecule has 0 aliphatic rings. The van der Waals surface area contributed by atoms with Crippen LogP contribution in [0.1, 0.15) is 11.1 Å². The Labute approximate surface area is 176 Å². The van der Waals surface area contributed by atoms with Crippen molar-refractivity contribution in [1.82, 2.24) is 9.97 Å². The highest BCUT2D eigenvalue weighted by Gasteiger charge is 2.13. The largest absolute Gasteiger partial charge is 0.264 e. The molecule has 0 bridgehead atoms. The molecule has 0 aliphatic carbocycles. The molecule has 0 N–H and O–H groups in total. The number of fused-ring (bicyclic) bond motifs is 1. The number of nitrogens with zero attached hydrogens (tertiary/aromatic N) is 2. The minimum Gasteiger partial charge on any atom is -0.264 e. The zero-order chi connectivity index (χ0) is 20.5. The summed E-state index contributed by atoms with van der Waals surface area (Å²) in [6.45, 7) is 4.30. The number of benzene rings is 3. The molecule has 5 rings (SSSR count). The Bertz CT molecular complexity index is 1340. The van der Waals surface area contributed by atoms with Crippen molar-refractivity contribution in [2.24, 2.45) is 0 Å². The highest BCUT2D eigenvalue weighted by Crippen LogP contribution is 2.38. The van der Waals surface area contributed by atoms with Gasteiger partial charge in [0.25, 0.3) is 0 Å². The zero-order valence-corrected chi connectivity index (χ0v) is 17.1. The Morgan fingerprint density at radius 3 is 2.17 bits per heavy atom. The van der Waals surface area contributed by atoms with Gasteiger partial charge in [-0.1, -0.05) is 66.2 Å². The summed E-state index contributed by atoms with van der Waals surface area (Å²) in [6, 6.07) is 27.8. The van der Waals surface area contributed by atoms with Crippen LogP contribution >= 0.6 is 0 Å². The van der Waals surface area contributed by atoms with Crippen LogP contribution in [0.15, 0.2) is 97.5 Å². The van der Waals surface area contributed by atoms with E-state index >= 15 is 0 Å². The minimum absolute atomic E-state index is 0.999. The highest BCUT2D eigenvalue weighted by atomic mass is 14.7. The zero-order valence-electron chi connectivity index (χ0n) is 17.1. The summed E-state index contributed by atoms with van der Waals surface area (Å²) in [7, 11) is 0. The van der Waals surface area contributed by atoms with E-state index in [9.17, 15) is 0 Å². The van der Waals surface area contributed by atoms with Crippen molar-refractivity contribution in [1.29, 1.82) is 0 Å². The minimum atomic E-state index is 0.999. The first-order valence-electron chi connectivity index (χ1n) is 10.2. The number of hydrogen-bond acceptors (Lipinski definition) is 2. The first-order chi connectivity index (χ1) is 14.7. The first kappa shape index (κ1) is 18.3. The van der Waals surface area contributed by atoms with E-state index in [1.807, 2.05) is 30.7 Å². The molecular weight excluding hydrogens is 364 g/mol. The normalized spacial score (nSPS) is 11.0. The number of rotatable bonds is 3. The molecule has 144 valence electrons. The summed E-state index contributed by atoms with van der Waals surface area (Å²) in [5.74, 6) is 0. The van der Waals surface area contributed by atoms with Gasteiger partial charge in [0.05, 0.1) is 5.69 Å². The number of hydrogen-bond donors (Lipinski definition) is 0. The number of pyridine rings is 2. The third-order valence-corrected chi connectivity index (χ3v) is 5.75. The summed E-state index contributed by atoms with van der Waals surface area (Å²) < 4.78 is 0. The maximum atomic E-state index is 4.56.